The minimum Gasteiger partial charge on any atom is -0.380 e. The summed E-state index contributed by atoms with van der Waals surface area (Å²) in [5.41, 5.74) is 0. The second-order valence-electron chi connectivity index (χ2n) is 3.64. The number of ether oxygens (including phenoxy) is 1. The molecule has 2 unspecified atom stereocenters. The Morgan fingerprint density at radius 3 is 2.75 bits per heavy atom. The summed E-state index contributed by atoms with van der Waals surface area (Å²) in [6, 6.07) is 0.0767. The number of nitrogens with one attached hydrogen (secondary N) is 1. The molecule has 2 atom stereocenters. The number of imidazole rings is 1. The normalized spacial score (nSPS) is 15.4. The molecule has 0 bridgehead atoms. The minimum atomic E-state index is -2.55. The van der Waals surface area contributed by atoms with Gasteiger partial charge in [0, 0.05) is 25.5 Å². The van der Waals surface area contributed by atoms with E-state index in [0.29, 0.717) is 12.4 Å². The van der Waals surface area contributed by atoms with E-state index >= 15 is 0 Å². The molecule has 92 valence electrons. The number of hydrogen-bond donors (Lipinski definition) is 1. The van der Waals surface area contributed by atoms with E-state index in [-0.39, 0.29) is 12.1 Å². The lowest BCUT2D eigenvalue weighted by molar-refractivity contribution is 0.0647. The Balaban J connectivity index is 2.51. The lowest BCUT2D eigenvalue weighted by Crippen LogP contribution is -2.36. The third-order valence-electron chi connectivity index (χ3n) is 2.62. The summed E-state index contributed by atoms with van der Waals surface area (Å²) in [6.45, 7) is 1.60. The van der Waals surface area contributed by atoms with Crippen molar-refractivity contribution in [1.82, 2.24) is 14.9 Å². The van der Waals surface area contributed by atoms with Gasteiger partial charge in [0.2, 0.25) is 0 Å². The largest absolute Gasteiger partial charge is 0.380 e. The summed E-state index contributed by atoms with van der Waals surface area (Å²) >= 11 is 0. The molecule has 1 aromatic heterocycles. The fourth-order valence-electron chi connectivity index (χ4n) is 1.28. The molecule has 1 heterocycles. The van der Waals surface area contributed by atoms with Crippen molar-refractivity contribution < 1.29 is 13.5 Å². The predicted molar refractivity (Wildman–Crippen MR) is 56.3 cm³/mol. The number of aromatic nitrogens is 2. The molecule has 4 nitrogen and oxygen atoms in total. The van der Waals surface area contributed by atoms with Gasteiger partial charge in [-0.15, -0.1) is 0 Å². The van der Waals surface area contributed by atoms with E-state index in [4.69, 9.17) is 4.74 Å². The predicted octanol–water partition coefficient (Wildman–Crippen LogP) is 1.79. The van der Waals surface area contributed by atoms with Gasteiger partial charge >= 0.3 is 6.55 Å². The molecule has 16 heavy (non-hydrogen) atoms. The van der Waals surface area contributed by atoms with E-state index in [1.54, 1.807) is 7.11 Å². The highest BCUT2D eigenvalue weighted by atomic mass is 19.3. The van der Waals surface area contributed by atoms with E-state index in [1.165, 1.54) is 12.4 Å². The van der Waals surface area contributed by atoms with Crippen molar-refractivity contribution in [1.29, 1.82) is 0 Å². The van der Waals surface area contributed by atoms with Crippen molar-refractivity contribution in [2.24, 2.45) is 0 Å². The SMILES string of the molecule is COC(C)C(C)NCc1nccn1C(F)F. The molecule has 0 fully saturated rings. The number of nitrogens with zero attached hydrogens (tertiary/aromatic N) is 2. The molecule has 0 radical (unpaired) electrons. The van der Waals surface area contributed by atoms with Crippen LogP contribution in [0.25, 0.3) is 0 Å². The summed E-state index contributed by atoms with van der Waals surface area (Å²) in [4.78, 5) is 3.87. The van der Waals surface area contributed by atoms with Gasteiger partial charge in [-0.05, 0) is 13.8 Å². The van der Waals surface area contributed by atoms with E-state index in [1.807, 2.05) is 13.8 Å². The quantitative estimate of drug-likeness (QED) is 0.814. The van der Waals surface area contributed by atoms with Crippen LogP contribution < -0.4 is 5.32 Å². The second-order valence-corrected chi connectivity index (χ2v) is 3.64. The first-order valence-electron chi connectivity index (χ1n) is 5.12. The van der Waals surface area contributed by atoms with E-state index in [0.717, 1.165) is 4.57 Å². The maximum absolute atomic E-state index is 12.5. The lowest BCUT2D eigenvalue weighted by atomic mass is 10.2. The molecule has 1 N–H and O–H groups in total. The van der Waals surface area contributed by atoms with Gasteiger partial charge in [-0.3, -0.25) is 4.57 Å². The van der Waals surface area contributed by atoms with Crippen molar-refractivity contribution in [2.45, 2.75) is 39.1 Å². The Labute approximate surface area is 93.6 Å². The van der Waals surface area contributed by atoms with Crippen LogP contribution in [0, 0.1) is 0 Å². The summed E-state index contributed by atoms with van der Waals surface area (Å²) in [5, 5.41) is 3.09. The van der Waals surface area contributed by atoms with E-state index in [2.05, 4.69) is 10.3 Å². The van der Waals surface area contributed by atoms with Crippen LogP contribution in [-0.4, -0.2) is 28.8 Å². The average molecular weight is 233 g/mol. The summed E-state index contributed by atoms with van der Waals surface area (Å²) in [7, 11) is 1.61. The van der Waals surface area contributed by atoms with Crippen LogP contribution in [0.3, 0.4) is 0 Å². The maximum atomic E-state index is 12.5. The smallest absolute Gasteiger partial charge is 0.319 e. The zero-order chi connectivity index (χ0) is 12.1. The van der Waals surface area contributed by atoms with Gasteiger partial charge in [-0.25, -0.2) is 4.98 Å². The number of hydrogen-bond acceptors (Lipinski definition) is 3. The van der Waals surface area contributed by atoms with E-state index < -0.39 is 6.55 Å². The molecular formula is C10H17F2N3O. The molecule has 0 aliphatic rings. The standard InChI is InChI=1S/C10H17F2N3O/c1-7(8(2)16-3)14-6-9-13-4-5-15(9)10(11)12/h4-5,7-8,10,14H,6H2,1-3H3. The molecule has 0 saturated carbocycles. The Morgan fingerprint density at radius 2 is 2.19 bits per heavy atom. The van der Waals surface area contributed by atoms with Gasteiger partial charge in [-0.1, -0.05) is 0 Å². The highest BCUT2D eigenvalue weighted by molar-refractivity contribution is 4.92. The van der Waals surface area contributed by atoms with Crippen LogP contribution in [0.15, 0.2) is 12.4 Å². The van der Waals surface area contributed by atoms with Crippen molar-refractivity contribution in [3.05, 3.63) is 18.2 Å². The first kappa shape index (κ1) is 13.1. The van der Waals surface area contributed by atoms with Crippen LogP contribution in [0.1, 0.15) is 26.2 Å². The van der Waals surface area contributed by atoms with Gasteiger partial charge in [0.15, 0.2) is 0 Å². The Kier molecular flexibility index (Phi) is 4.82. The van der Waals surface area contributed by atoms with Gasteiger partial charge < -0.3 is 10.1 Å². The van der Waals surface area contributed by atoms with Crippen molar-refractivity contribution in [2.75, 3.05) is 7.11 Å². The zero-order valence-electron chi connectivity index (χ0n) is 9.65. The highest BCUT2D eigenvalue weighted by Crippen LogP contribution is 2.12. The van der Waals surface area contributed by atoms with Gasteiger partial charge in [-0.2, -0.15) is 8.78 Å². The molecule has 0 saturated heterocycles. The van der Waals surface area contributed by atoms with Crippen LogP contribution >= 0.6 is 0 Å². The van der Waals surface area contributed by atoms with Gasteiger partial charge in [0.05, 0.1) is 12.6 Å². The molecule has 6 heteroatoms. The van der Waals surface area contributed by atoms with E-state index in [9.17, 15) is 8.78 Å². The molecule has 0 aliphatic heterocycles. The highest BCUT2D eigenvalue weighted by Gasteiger charge is 2.14. The molecule has 0 spiro atoms. The summed E-state index contributed by atoms with van der Waals surface area (Å²) in [5.74, 6) is 0.324. The first-order valence-corrected chi connectivity index (χ1v) is 5.12. The second kappa shape index (κ2) is 5.91. The van der Waals surface area contributed by atoms with Crippen LogP contribution in [0.2, 0.25) is 0 Å². The molecule has 1 aromatic rings. The number of methoxy groups -OCH3 is 1. The van der Waals surface area contributed by atoms with Crippen LogP contribution in [0.5, 0.6) is 0 Å². The average Bonchev–Trinajstić information content (AvgIpc) is 2.72. The fraction of sp³-hybridized carbons (Fsp3) is 0.700. The topological polar surface area (TPSA) is 39.1 Å². The molecule has 0 aromatic carbocycles. The molecular weight excluding hydrogens is 216 g/mol. The number of rotatable bonds is 6. The Bertz CT molecular complexity index is 317. The monoisotopic (exact) mass is 233 g/mol. The Morgan fingerprint density at radius 1 is 1.50 bits per heavy atom. The van der Waals surface area contributed by atoms with Crippen molar-refractivity contribution >= 4 is 0 Å². The van der Waals surface area contributed by atoms with Crippen LogP contribution in [-0.2, 0) is 11.3 Å². The van der Waals surface area contributed by atoms with Crippen LogP contribution in [0.4, 0.5) is 8.78 Å². The maximum Gasteiger partial charge on any atom is 0.319 e. The number of alkyl halides is 2. The lowest BCUT2D eigenvalue weighted by Gasteiger charge is -2.19. The first-order chi connectivity index (χ1) is 7.56. The zero-order valence-corrected chi connectivity index (χ0v) is 9.65. The number of halogens is 2. The minimum absolute atomic E-state index is 0.0231. The van der Waals surface area contributed by atoms with Crippen molar-refractivity contribution in [3.63, 3.8) is 0 Å². The van der Waals surface area contributed by atoms with Crippen molar-refractivity contribution in [3.8, 4) is 0 Å². The Hall–Kier alpha value is -1.01. The third kappa shape index (κ3) is 3.24. The molecule has 1 rings (SSSR count). The molecule has 0 aliphatic carbocycles. The van der Waals surface area contributed by atoms with Gasteiger partial charge in [0.25, 0.3) is 0 Å². The third-order valence-corrected chi connectivity index (χ3v) is 2.62. The fourth-order valence-corrected chi connectivity index (χ4v) is 1.28. The summed E-state index contributed by atoms with van der Waals surface area (Å²) < 4.78 is 30.9. The molecule has 0 amide bonds. The van der Waals surface area contributed by atoms with Gasteiger partial charge in [0.1, 0.15) is 5.82 Å². The summed E-state index contributed by atoms with van der Waals surface area (Å²) in [6.07, 6.45) is 2.66.